The van der Waals surface area contributed by atoms with Gasteiger partial charge in [0.1, 0.15) is 5.75 Å². The molecule has 0 bridgehead atoms. The van der Waals surface area contributed by atoms with Gasteiger partial charge in [-0.1, -0.05) is 0 Å². The molecule has 0 saturated carbocycles. The van der Waals surface area contributed by atoms with Gasteiger partial charge in [-0.15, -0.1) is 10.2 Å². The lowest BCUT2D eigenvalue weighted by Gasteiger charge is -2.04. The minimum absolute atomic E-state index is 0.464. The van der Waals surface area contributed by atoms with Gasteiger partial charge in [0.05, 0.1) is 12.8 Å². The van der Waals surface area contributed by atoms with E-state index in [2.05, 4.69) is 10.2 Å². The van der Waals surface area contributed by atoms with Gasteiger partial charge < -0.3 is 14.9 Å². The second-order valence-electron chi connectivity index (χ2n) is 3.08. The third kappa shape index (κ3) is 1.76. The van der Waals surface area contributed by atoms with Crippen molar-refractivity contribution in [1.29, 1.82) is 0 Å². The topological polar surface area (TPSA) is 74.2 Å². The first kappa shape index (κ1) is 9.51. The summed E-state index contributed by atoms with van der Waals surface area (Å²) in [6, 6.07) is 5.32. The Morgan fingerprint density at radius 1 is 1.33 bits per heavy atom. The Morgan fingerprint density at radius 2 is 2.13 bits per heavy atom. The molecule has 2 rings (SSSR count). The smallest absolute Gasteiger partial charge is 0.247 e. The zero-order chi connectivity index (χ0) is 10.8. The number of aryl methyl sites for hydroxylation is 1. The molecule has 0 amide bonds. The van der Waals surface area contributed by atoms with E-state index in [1.165, 1.54) is 0 Å². The predicted octanol–water partition coefficient (Wildman–Crippen LogP) is 1.64. The highest BCUT2D eigenvalue weighted by Crippen LogP contribution is 2.27. The number of nitrogens with two attached hydrogens (primary N) is 1. The quantitative estimate of drug-likeness (QED) is 0.754. The highest BCUT2D eigenvalue weighted by molar-refractivity contribution is 5.64. The summed E-state index contributed by atoms with van der Waals surface area (Å²) in [6.45, 7) is 1.74. The van der Waals surface area contributed by atoms with Crippen molar-refractivity contribution in [3.63, 3.8) is 0 Å². The first-order valence-electron chi connectivity index (χ1n) is 4.44. The van der Waals surface area contributed by atoms with Gasteiger partial charge in [-0.25, -0.2) is 0 Å². The second kappa shape index (κ2) is 3.61. The van der Waals surface area contributed by atoms with Crippen LogP contribution in [0.1, 0.15) is 5.89 Å². The fourth-order valence-electron chi connectivity index (χ4n) is 1.26. The Balaban J connectivity index is 2.45. The lowest BCUT2D eigenvalue weighted by atomic mass is 10.2. The van der Waals surface area contributed by atoms with Crippen molar-refractivity contribution in [2.45, 2.75) is 6.92 Å². The van der Waals surface area contributed by atoms with Crippen LogP contribution in [-0.2, 0) is 0 Å². The molecule has 78 valence electrons. The van der Waals surface area contributed by atoms with E-state index in [1.54, 1.807) is 26.2 Å². The van der Waals surface area contributed by atoms with Gasteiger partial charge in [0.15, 0.2) is 0 Å². The standard InChI is InChI=1S/C10H11N3O2/c1-6-12-13-10(15-6)7-3-4-8(11)9(5-7)14-2/h3-5H,11H2,1-2H3. The van der Waals surface area contributed by atoms with Gasteiger partial charge in [0, 0.05) is 12.5 Å². The minimum Gasteiger partial charge on any atom is -0.495 e. The van der Waals surface area contributed by atoms with Crippen molar-refractivity contribution in [3.05, 3.63) is 24.1 Å². The molecule has 2 N–H and O–H groups in total. The maximum absolute atomic E-state index is 5.69. The molecule has 15 heavy (non-hydrogen) atoms. The van der Waals surface area contributed by atoms with E-state index in [0.29, 0.717) is 23.2 Å². The summed E-state index contributed by atoms with van der Waals surface area (Å²) in [5, 5.41) is 7.66. The fraction of sp³-hybridized carbons (Fsp3) is 0.200. The van der Waals surface area contributed by atoms with Crippen LogP contribution in [0.15, 0.2) is 22.6 Å². The largest absolute Gasteiger partial charge is 0.495 e. The molecule has 0 atom stereocenters. The number of hydrogen-bond acceptors (Lipinski definition) is 5. The summed E-state index contributed by atoms with van der Waals surface area (Å²) in [7, 11) is 1.56. The molecule has 5 heteroatoms. The van der Waals surface area contributed by atoms with E-state index in [-0.39, 0.29) is 0 Å². The van der Waals surface area contributed by atoms with Crippen LogP contribution in [0.5, 0.6) is 5.75 Å². The van der Waals surface area contributed by atoms with Crippen LogP contribution in [0, 0.1) is 6.92 Å². The van der Waals surface area contributed by atoms with Crippen LogP contribution in [0.3, 0.4) is 0 Å². The van der Waals surface area contributed by atoms with Crippen LogP contribution in [-0.4, -0.2) is 17.3 Å². The van der Waals surface area contributed by atoms with Crippen molar-refractivity contribution in [2.75, 3.05) is 12.8 Å². The van der Waals surface area contributed by atoms with E-state index >= 15 is 0 Å². The van der Waals surface area contributed by atoms with Crippen molar-refractivity contribution < 1.29 is 9.15 Å². The average Bonchev–Trinajstić information content (AvgIpc) is 2.66. The zero-order valence-corrected chi connectivity index (χ0v) is 8.52. The summed E-state index contributed by atoms with van der Waals surface area (Å²) in [5.74, 6) is 1.59. The Bertz CT molecular complexity index is 479. The summed E-state index contributed by atoms with van der Waals surface area (Å²) in [6.07, 6.45) is 0. The predicted molar refractivity (Wildman–Crippen MR) is 55.4 cm³/mol. The molecule has 0 aliphatic heterocycles. The van der Waals surface area contributed by atoms with Gasteiger partial charge in [-0.05, 0) is 18.2 Å². The van der Waals surface area contributed by atoms with Gasteiger partial charge in [0.25, 0.3) is 0 Å². The van der Waals surface area contributed by atoms with Crippen LogP contribution >= 0.6 is 0 Å². The first-order valence-corrected chi connectivity index (χ1v) is 4.44. The Labute approximate surface area is 86.9 Å². The molecule has 0 aliphatic carbocycles. The average molecular weight is 205 g/mol. The number of nitrogens with zero attached hydrogens (tertiary/aromatic N) is 2. The molecule has 2 aromatic rings. The molecular formula is C10H11N3O2. The maximum atomic E-state index is 5.69. The second-order valence-corrected chi connectivity index (χ2v) is 3.08. The lowest BCUT2D eigenvalue weighted by Crippen LogP contribution is -1.92. The van der Waals surface area contributed by atoms with Gasteiger partial charge in [0.2, 0.25) is 11.8 Å². The molecule has 0 radical (unpaired) electrons. The highest BCUT2D eigenvalue weighted by atomic mass is 16.5. The normalized spacial score (nSPS) is 10.3. The summed E-state index contributed by atoms with van der Waals surface area (Å²) < 4.78 is 10.4. The van der Waals surface area contributed by atoms with Crippen LogP contribution in [0.2, 0.25) is 0 Å². The Kier molecular flexibility index (Phi) is 2.29. The molecule has 0 unspecified atom stereocenters. The van der Waals surface area contributed by atoms with E-state index in [4.69, 9.17) is 14.9 Å². The molecule has 0 spiro atoms. The SMILES string of the molecule is COc1cc(-c2nnc(C)o2)ccc1N. The van der Waals surface area contributed by atoms with Crippen LogP contribution in [0.4, 0.5) is 5.69 Å². The molecule has 0 aliphatic rings. The van der Waals surface area contributed by atoms with Crippen LogP contribution in [0.25, 0.3) is 11.5 Å². The van der Waals surface area contributed by atoms with Gasteiger partial charge in [-0.3, -0.25) is 0 Å². The fourth-order valence-corrected chi connectivity index (χ4v) is 1.26. The highest BCUT2D eigenvalue weighted by Gasteiger charge is 2.08. The Morgan fingerprint density at radius 3 is 2.73 bits per heavy atom. The molecule has 0 fully saturated rings. The number of anilines is 1. The van der Waals surface area contributed by atoms with Crippen molar-refractivity contribution in [1.82, 2.24) is 10.2 Å². The van der Waals surface area contributed by atoms with E-state index < -0.39 is 0 Å². The summed E-state index contributed by atoms with van der Waals surface area (Å²) in [5.41, 5.74) is 7.07. The zero-order valence-electron chi connectivity index (χ0n) is 8.52. The van der Waals surface area contributed by atoms with Crippen molar-refractivity contribution in [3.8, 4) is 17.2 Å². The molecular weight excluding hydrogens is 194 g/mol. The van der Waals surface area contributed by atoms with Gasteiger partial charge in [-0.2, -0.15) is 0 Å². The summed E-state index contributed by atoms with van der Waals surface area (Å²) >= 11 is 0. The first-order chi connectivity index (χ1) is 7.20. The number of benzene rings is 1. The summed E-state index contributed by atoms with van der Waals surface area (Å²) in [4.78, 5) is 0. The van der Waals surface area contributed by atoms with Gasteiger partial charge >= 0.3 is 0 Å². The molecule has 1 heterocycles. The molecule has 1 aromatic carbocycles. The number of hydrogen-bond donors (Lipinski definition) is 1. The van der Waals surface area contributed by atoms with E-state index in [1.807, 2.05) is 6.07 Å². The van der Waals surface area contributed by atoms with E-state index in [0.717, 1.165) is 5.56 Å². The maximum Gasteiger partial charge on any atom is 0.247 e. The van der Waals surface area contributed by atoms with Crippen molar-refractivity contribution in [2.24, 2.45) is 0 Å². The van der Waals surface area contributed by atoms with Crippen molar-refractivity contribution >= 4 is 5.69 Å². The van der Waals surface area contributed by atoms with E-state index in [9.17, 15) is 0 Å². The number of methoxy groups -OCH3 is 1. The number of rotatable bonds is 2. The van der Waals surface area contributed by atoms with Crippen LogP contribution < -0.4 is 10.5 Å². The minimum atomic E-state index is 0.464. The molecule has 1 aromatic heterocycles. The molecule has 0 saturated heterocycles. The number of nitrogen functional groups attached to an aromatic ring is 1. The number of aromatic nitrogens is 2. The number of ether oxygens (including phenoxy) is 1. The molecule has 5 nitrogen and oxygen atoms in total. The third-order valence-corrected chi connectivity index (χ3v) is 2.01. The lowest BCUT2D eigenvalue weighted by molar-refractivity contribution is 0.417. The third-order valence-electron chi connectivity index (χ3n) is 2.01. The Hall–Kier alpha value is -2.04. The monoisotopic (exact) mass is 205 g/mol.